The van der Waals surface area contributed by atoms with Crippen molar-refractivity contribution >= 4 is 40.7 Å². The molecule has 0 amide bonds. The monoisotopic (exact) mass is 549 g/mol. The van der Waals surface area contributed by atoms with E-state index in [1.165, 1.54) is 31.2 Å². The number of para-hydroxylation sites is 1. The molecule has 8 heteroatoms. The number of nitrogens with one attached hydrogen (secondary N) is 2. The highest BCUT2D eigenvalue weighted by Gasteiger charge is 2.34. The van der Waals surface area contributed by atoms with Gasteiger partial charge < -0.3 is 20.3 Å². The minimum Gasteiger partial charge on any atom is -0.439 e. The van der Waals surface area contributed by atoms with E-state index in [0.717, 1.165) is 55.4 Å². The van der Waals surface area contributed by atoms with E-state index in [9.17, 15) is 0 Å². The van der Waals surface area contributed by atoms with E-state index in [4.69, 9.17) is 33.5 Å². The highest BCUT2D eigenvalue weighted by atomic mass is 35.5. The van der Waals surface area contributed by atoms with Crippen LogP contribution in [0.1, 0.15) is 63.9 Å². The normalized spacial score (nSPS) is 19.0. The number of halogens is 1. The van der Waals surface area contributed by atoms with Gasteiger partial charge in [0, 0.05) is 35.6 Å². The Balaban J connectivity index is 1.34. The Labute approximate surface area is 236 Å². The van der Waals surface area contributed by atoms with Crippen LogP contribution in [-0.4, -0.2) is 34.2 Å². The quantitative estimate of drug-likeness (QED) is 0.296. The van der Waals surface area contributed by atoms with Crippen molar-refractivity contribution < 1.29 is 4.74 Å². The zero-order valence-electron chi connectivity index (χ0n) is 22.0. The first-order chi connectivity index (χ1) is 18.5. The molecule has 1 aromatic heterocycles. The fourth-order valence-corrected chi connectivity index (χ4v) is 6.08. The average molecular weight is 550 g/mol. The summed E-state index contributed by atoms with van der Waals surface area (Å²) < 4.78 is 6.11. The van der Waals surface area contributed by atoms with Gasteiger partial charge >= 0.3 is 0 Å². The van der Waals surface area contributed by atoms with Gasteiger partial charge in [0.15, 0.2) is 5.11 Å². The van der Waals surface area contributed by atoms with Crippen LogP contribution in [0.5, 0.6) is 11.6 Å². The van der Waals surface area contributed by atoms with Crippen molar-refractivity contribution in [2.75, 3.05) is 23.3 Å². The molecule has 38 heavy (non-hydrogen) atoms. The molecule has 5 rings (SSSR count). The molecule has 2 aromatic carbocycles. The van der Waals surface area contributed by atoms with Crippen molar-refractivity contribution in [1.82, 2.24) is 15.3 Å². The Kier molecular flexibility index (Phi) is 8.65. The molecule has 1 aliphatic heterocycles. The molecular formula is C30H36ClN5OS. The van der Waals surface area contributed by atoms with Crippen molar-refractivity contribution in [2.45, 2.75) is 69.7 Å². The molecule has 0 spiro atoms. The van der Waals surface area contributed by atoms with E-state index < -0.39 is 0 Å². The Bertz CT molecular complexity index is 1230. The van der Waals surface area contributed by atoms with Gasteiger partial charge in [0.2, 0.25) is 11.8 Å². The first-order valence-corrected chi connectivity index (χ1v) is 14.5. The van der Waals surface area contributed by atoms with Crippen LogP contribution in [0.25, 0.3) is 0 Å². The van der Waals surface area contributed by atoms with Crippen LogP contribution < -0.4 is 20.3 Å². The summed E-state index contributed by atoms with van der Waals surface area (Å²) in [7, 11) is 0. The van der Waals surface area contributed by atoms with Crippen molar-refractivity contribution in [3.8, 4) is 11.6 Å². The van der Waals surface area contributed by atoms with Crippen molar-refractivity contribution in [3.63, 3.8) is 0 Å². The maximum absolute atomic E-state index is 6.37. The lowest BCUT2D eigenvalue weighted by atomic mass is 9.69. The van der Waals surface area contributed by atoms with E-state index in [1.54, 1.807) is 0 Å². The zero-order chi connectivity index (χ0) is 26.4. The number of ether oxygens (including phenoxy) is 1. The summed E-state index contributed by atoms with van der Waals surface area (Å²) in [4.78, 5) is 11.8. The number of anilines is 2. The van der Waals surface area contributed by atoms with Crippen LogP contribution in [0.2, 0.25) is 5.02 Å². The number of hydrogen-bond acceptors (Lipinski definition) is 5. The average Bonchev–Trinajstić information content (AvgIpc) is 2.93. The smallest absolute Gasteiger partial charge is 0.234 e. The number of thiocarbonyl (C=S) groups is 1. The number of hydrogen-bond donors (Lipinski definition) is 2. The molecule has 2 heterocycles. The van der Waals surface area contributed by atoms with E-state index in [0.29, 0.717) is 23.0 Å². The molecule has 6 nitrogen and oxygen atoms in total. The van der Waals surface area contributed by atoms with Gasteiger partial charge in [-0.25, -0.2) is 0 Å². The van der Waals surface area contributed by atoms with Gasteiger partial charge in [-0.3, -0.25) is 0 Å². The molecule has 0 bridgehead atoms. The third-order valence-electron chi connectivity index (χ3n) is 7.81. The zero-order valence-corrected chi connectivity index (χ0v) is 23.5. The fraction of sp³-hybridized carbons (Fsp3) is 0.433. The molecule has 1 aliphatic carbocycles. The van der Waals surface area contributed by atoms with Gasteiger partial charge in [-0.05, 0) is 81.1 Å². The summed E-state index contributed by atoms with van der Waals surface area (Å²) in [6.07, 6.45) is 9.42. The summed E-state index contributed by atoms with van der Waals surface area (Å²) in [6, 6.07) is 20.3. The Morgan fingerprint density at radius 1 is 1.03 bits per heavy atom. The Morgan fingerprint density at radius 3 is 2.61 bits per heavy atom. The van der Waals surface area contributed by atoms with Gasteiger partial charge in [-0.1, -0.05) is 61.2 Å². The molecule has 1 saturated carbocycles. The van der Waals surface area contributed by atoms with Crippen molar-refractivity contribution in [2.24, 2.45) is 0 Å². The van der Waals surface area contributed by atoms with E-state index in [-0.39, 0.29) is 5.41 Å². The molecule has 3 aromatic rings. The molecular weight excluding hydrogens is 514 g/mol. The van der Waals surface area contributed by atoms with Gasteiger partial charge in [0.05, 0.1) is 0 Å². The van der Waals surface area contributed by atoms with Crippen LogP contribution in [0, 0.1) is 0 Å². The third-order valence-corrected chi connectivity index (χ3v) is 8.29. The lowest BCUT2D eigenvalue weighted by Gasteiger charge is -2.38. The van der Waals surface area contributed by atoms with E-state index in [1.807, 2.05) is 48.5 Å². The minimum absolute atomic E-state index is 0.00239. The Hall–Kier alpha value is -2.90. The predicted octanol–water partition coefficient (Wildman–Crippen LogP) is 7.49. The highest BCUT2D eigenvalue weighted by Crippen LogP contribution is 2.40. The largest absolute Gasteiger partial charge is 0.439 e. The predicted molar refractivity (Wildman–Crippen MR) is 160 cm³/mol. The lowest BCUT2D eigenvalue weighted by molar-refractivity contribution is 0.292. The second kappa shape index (κ2) is 12.3. The minimum atomic E-state index is 0.00239. The molecule has 0 radical (unpaired) electrons. The number of nitrogens with zero attached hydrogens (tertiary/aromatic N) is 3. The summed E-state index contributed by atoms with van der Waals surface area (Å²) >= 11 is 12.1. The maximum atomic E-state index is 6.37. The summed E-state index contributed by atoms with van der Waals surface area (Å²) in [6.45, 7) is 3.94. The van der Waals surface area contributed by atoms with Gasteiger partial charge in [-0.2, -0.15) is 9.97 Å². The van der Waals surface area contributed by atoms with Crippen molar-refractivity contribution in [1.29, 1.82) is 0 Å². The second-order valence-electron chi connectivity index (χ2n) is 10.5. The summed E-state index contributed by atoms with van der Waals surface area (Å²) in [5.41, 5.74) is 1.28. The van der Waals surface area contributed by atoms with Crippen LogP contribution in [0.3, 0.4) is 0 Å². The fourth-order valence-electron chi connectivity index (χ4n) is 5.73. The molecule has 200 valence electrons. The van der Waals surface area contributed by atoms with Crippen LogP contribution >= 0.6 is 23.8 Å². The van der Waals surface area contributed by atoms with E-state index in [2.05, 4.69) is 39.6 Å². The maximum Gasteiger partial charge on any atom is 0.234 e. The van der Waals surface area contributed by atoms with Crippen molar-refractivity contribution in [3.05, 3.63) is 71.2 Å². The first kappa shape index (κ1) is 26.7. The first-order valence-electron chi connectivity index (χ1n) is 13.7. The van der Waals surface area contributed by atoms with Gasteiger partial charge in [-0.15, -0.1) is 0 Å². The molecule has 1 saturated heterocycles. The van der Waals surface area contributed by atoms with Crippen LogP contribution in [-0.2, 0) is 5.41 Å². The topological polar surface area (TPSA) is 62.3 Å². The highest BCUT2D eigenvalue weighted by molar-refractivity contribution is 7.80. The summed E-state index contributed by atoms with van der Waals surface area (Å²) in [5.74, 6) is 2.51. The number of rotatable bonds is 7. The number of piperidine rings is 1. The number of benzene rings is 2. The molecule has 2 fully saturated rings. The molecule has 2 aliphatic rings. The van der Waals surface area contributed by atoms with Gasteiger partial charge in [0.25, 0.3) is 0 Å². The summed E-state index contributed by atoms with van der Waals surface area (Å²) in [5, 5.41) is 8.01. The SMILES string of the molecule is C[C@@H]1CCCCN1c1cc(Oc2ccccc2)nc(NC(=S)NCC2(c3cccc(Cl)c3)CCCCC2)n1. The van der Waals surface area contributed by atoms with Gasteiger partial charge in [0.1, 0.15) is 11.6 Å². The van der Waals surface area contributed by atoms with Crippen LogP contribution in [0.4, 0.5) is 11.8 Å². The standard InChI is InChI=1S/C30H36ClN5OS/c1-22-11-6-9-18-36(22)26-20-27(37-25-14-4-2-5-15-25)34-28(33-26)35-29(38)32-21-30(16-7-3-8-17-30)23-12-10-13-24(31)19-23/h2,4-5,10,12-15,19-20,22H,3,6-9,11,16-18,21H2,1H3,(H2,32,33,34,35,38)/t22-/m1/s1. The molecule has 2 N–H and O–H groups in total. The lowest BCUT2D eigenvalue weighted by Crippen LogP contribution is -2.43. The molecule has 1 atom stereocenters. The van der Waals surface area contributed by atoms with E-state index >= 15 is 0 Å². The third kappa shape index (κ3) is 6.56. The van der Waals surface area contributed by atoms with Crippen LogP contribution in [0.15, 0.2) is 60.7 Å². The second-order valence-corrected chi connectivity index (χ2v) is 11.3. The Morgan fingerprint density at radius 2 is 1.84 bits per heavy atom. The molecule has 0 unspecified atom stereocenters. The number of aromatic nitrogens is 2.